The van der Waals surface area contributed by atoms with Crippen LogP contribution in [0.15, 0.2) is 0 Å². The van der Waals surface area contributed by atoms with Gasteiger partial charge in [0.25, 0.3) is 0 Å². The van der Waals surface area contributed by atoms with E-state index >= 15 is 0 Å². The fraction of sp³-hybridized carbons (Fsp3) is 0.750. The number of ether oxygens (including phenoxy) is 1. The van der Waals surface area contributed by atoms with Crippen molar-refractivity contribution < 1.29 is 14.3 Å². The zero-order valence-corrected chi connectivity index (χ0v) is 9.53. The predicted molar refractivity (Wildman–Crippen MR) is 54.5 cm³/mol. The highest BCUT2D eigenvalue weighted by Crippen LogP contribution is 1.80. The molecule has 0 aromatic carbocycles. The van der Waals surface area contributed by atoms with E-state index in [9.17, 15) is 9.59 Å². The number of hydrogen-bond donors (Lipinski definition) is 2. The van der Waals surface area contributed by atoms with Crippen molar-refractivity contribution in [1.29, 1.82) is 0 Å². The van der Waals surface area contributed by atoms with Gasteiger partial charge in [-0.2, -0.15) is 0 Å². The van der Waals surface area contributed by atoms with E-state index in [0.717, 1.165) is 0 Å². The van der Waals surface area contributed by atoms with Crippen LogP contribution < -0.4 is 10.9 Å². The summed E-state index contributed by atoms with van der Waals surface area (Å²) in [7, 11) is 6.96. The van der Waals surface area contributed by atoms with Gasteiger partial charge in [0.05, 0.1) is 0 Å². The molecule has 0 bridgehead atoms. The van der Waals surface area contributed by atoms with Crippen LogP contribution in [0.4, 0.5) is 0 Å². The molecule has 15 heavy (non-hydrogen) atoms. The first kappa shape index (κ1) is 14.0. The molecule has 0 atom stereocenters. The van der Waals surface area contributed by atoms with Crippen LogP contribution in [0.3, 0.4) is 0 Å². The third-order valence-corrected chi connectivity index (χ3v) is 1.31. The minimum Gasteiger partial charge on any atom is -0.391 e. The zero-order chi connectivity index (χ0) is 11.8. The van der Waals surface area contributed by atoms with Crippen molar-refractivity contribution in [2.24, 2.45) is 0 Å². The largest absolute Gasteiger partial charge is 0.391 e. The Balaban J connectivity index is 3.63. The number of hydrazine groups is 2. The maximum Gasteiger partial charge on any atom is 0.329 e. The highest BCUT2D eigenvalue weighted by molar-refractivity contribution is 5.87. The lowest BCUT2D eigenvalue weighted by molar-refractivity contribution is -0.159. The van der Waals surface area contributed by atoms with Gasteiger partial charge < -0.3 is 4.74 Å². The summed E-state index contributed by atoms with van der Waals surface area (Å²) in [6, 6.07) is 0. The van der Waals surface area contributed by atoms with E-state index < -0.39 is 11.9 Å². The Labute approximate surface area is 89.3 Å². The summed E-state index contributed by atoms with van der Waals surface area (Å²) < 4.78 is 4.50. The first-order chi connectivity index (χ1) is 6.91. The Bertz CT molecular complexity index is 196. The van der Waals surface area contributed by atoms with Crippen molar-refractivity contribution >= 4 is 11.9 Å². The standard InChI is InChI=1S/C8H18N4O3/c1-11(2)9-5-7(13)15-8(14)6-10-12(3)4/h9-10H,5-6H2,1-4H3. The summed E-state index contributed by atoms with van der Waals surface area (Å²) >= 11 is 0. The Morgan fingerprint density at radius 2 is 1.27 bits per heavy atom. The van der Waals surface area contributed by atoms with Crippen LogP contribution in [0.2, 0.25) is 0 Å². The highest BCUT2D eigenvalue weighted by atomic mass is 16.6. The third kappa shape index (κ3) is 9.29. The van der Waals surface area contributed by atoms with Crippen LogP contribution in [0, 0.1) is 0 Å². The molecule has 0 spiro atoms. The molecule has 0 saturated heterocycles. The number of rotatable bonds is 6. The monoisotopic (exact) mass is 218 g/mol. The predicted octanol–water partition coefficient (Wildman–Crippen LogP) is -1.81. The van der Waals surface area contributed by atoms with Gasteiger partial charge in [0, 0.05) is 28.2 Å². The maximum atomic E-state index is 11.0. The van der Waals surface area contributed by atoms with E-state index in [1.807, 2.05) is 0 Å². The first-order valence-electron chi connectivity index (χ1n) is 4.47. The van der Waals surface area contributed by atoms with E-state index in [1.54, 1.807) is 38.2 Å². The van der Waals surface area contributed by atoms with Crippen molar-refractivity contribution in [2.75, 3.05) is 41.3 Å². The van der Waals surface area contributed by atoms with Gasteiger partial charge in [0.1, 0.15) is 13.1 Å². The lowest BCUT2D eigenvalue weighted by atomic mass is 10.6. The molecular formula is C8H18N4O3. The number of carbonyl (C=O) groups excluding carboxylic acids is 2. The molecule has 0 saturated carbocycles. The topological polar surface area (TPSA) is 73.9 Å². The Kier molecular flexibility index (Phi) is 6.80. The number of esters is 2. The second kappa shape index (κ2) is 7.30. The Morgan fingerprint density at radius 1 is 0.933 bits per heavy atom. The molecule has 7 nitrogen and oxygen atoms in total. The molecule has 0 aliphatic carbocycles. The quantitative estimate of drug-likeness (QED) is 0.309. The van der Waals surface area contributed by atoms with Crippen molar-refractivity contribution in [2.45, 2.75) is 0 Å². The van der Waals surface area contributed by atoms with Crippen LogP contribution in [0.1, 0.15) is 0 Å². The first-order valence-corrected chi connectivity index (χ1v) is 4.47. The Hall–Kier alpha value is -1.02. The van der Waals surface area contributed by atoms with E-state index in [-0.39, 0.29) is 13.1 Å². The number of nitrogens with one attached hydrogen (secondary N) is 2. The Morgan fingerprint density at radius 3 is 1.53 bits per heavy atom. The molecule has 0 aliphatic rings. The maximum absolute atomic E-state index is 11.0. The molecule has 0 fully saturated rings. The molecule has 7 heteroatoms. The molecule has 0 aromatic heterocycles. The summed E-state index contributed by atoms with van der Waals surface area (Å²) in [4.78, 5) is 22.1. The van der Waals surface area contributed by atoms with Crippen LogP contribution >= 0.6 is 0 Å². The molecule has 0 aromatic rings. The van der Waals surface area contributed by atoms with Crippen LogP contribution in [-0.2, 0) is 14.3 Å². The molecule has 0 unspecified atom stereocenters. The highest BCUT2D eigenvalue weighted by Gasteiger charge is 2.09. The minimum atomic E-state index is -0.603. The average Bonchev–Trinajstić information content (AvgIpc) is 2.11. The number of nitrogens with zero attached hydrogens (tertiary/aromatic N) is 2. The summed E-state index contributed by atoms with van der Waals surface area (Å²) in [6.45, 7) is -0.0542. The molecular weight excluding hydrogens is 200 g/mol. The summed E-state index contributed by atoms with van der Waals surface area (Å²) in [5.41, 5.74) is 5.38. The second-order valence-electron chi connectivity index (χ2n) is 3.30. The zero-order valence-electron chi connectivity index (χ0n) is 9.53. The summed E-state index contributed by atoms with van der Waals surface area (Å²) in [5.74, 6) is -1.21. The number of hydrogen-bond acceptors (Lipinski definition) is 7. The van der Waals surface area contributed by atoms with Crippen LogP contribution in [0.5, 0.6) is 0 Å². The molecule has 0 amide bonds. The molecule has 0 heterocycles. The van der Waals surface area contributed by atoms with Crippen molar-refractivity contribution in [1.82, 2.24) is 20.9 Å². The van der Waals surface area contributed by atoms with Gasteiger partial charge in [-0.25, -0.2) is 10.9 Å². The molecule has 0 radical (unpaired) electrons. The van der Waals surface area contributed by atoms with Gasteiger partial charge in [-0.3, -0.25) is 19.6 Å². The average molecular weight is 218 g/mol. The van der Waals surface area contributed by atoms with Crippen molar-refractivity contribution in [3.63, 3.8) is 0 Å². The van der Waals surface area contributed by atoms with Gasteiger partial charge in [0.2, 0.25) is 0 Å². The van der Waals surface area contributed by atoms with Crippen LogP contribution in [0.25, 0.3) is 0 Å². The lowest BCUT2D eigenvalue weighted by Crippen LogP contribution is -2.39. The summed E-state index contributed by atoms with van der Waals surface area (Å²) in [5, 5.41) is 3.20. The summed E-state index contributed by atoms with van der Waals surface area (Å²) in [6.07, 6.45) is 0. The van der Waals surface area contributed by atoms with E-state index in [4.69, 9.17) is 0 Å². The van der Waals surface area contributed by atoms with E-state index in [0.29, 0.717) is 0 Å². The fourth-order valence-electron chi connectivity index (χ4n) is 0.644. The SMILES string of the molecule is CN(C)NCC(=O)OC(=O)CNN(C)C. The normalized spacial score (nSPS) is 10.8. The van der Waals surface area contributed by atoms with E-state index in [1.165, 1.54) is 0 Å². The fourth-order valence-corrected chi connectivity index (χ4v) is 0.644. The smallest absolute Gasteiger partial charge is 0.329 e. The lowest BCUT2D eigenvalue weighted by Gasteiger charge is -2.12. The van der Waals surface area contributed by atoms with Crippen molar-refractivity contribution in [3.05, 3.63) is 0 Å². The second-order valence-corrected chi connectivity index (χ2v) is 3.30. The molecule has 88 valence electrons. The van der Waals surface area contributed by atoms with Gasteiger partial charge in [-0.05, 0) is 0 Å². The van der Waals surface area contributed by atoms with Gasteiger partial charge in [-0.15, -0.1) is 0 Å². The number of carbonyl (C=O) groups is 2. The molecule has 0 rings (SSSR count). The van der Waals surface area contributed by atoms with Gasteiger partial charge in [-0.1, -0.05) is 0 Å². The third-order valence-electron chi connectivity index (χ3n) is 1.31. The van der Waals surface area contributed by atoms with Crippen molar-refractivity contribution in [3.8, 4) is 0 Å². The molecule has 0 aliphatic heterocycles. The van der Waals surface area contributed by atoms with E-state index in [2.05, 4.69) is 15.6 Å². The van der Waals surface area contributed by atoms with Gasteiger partial charge in [0.15, 0.2) is 0 Å². The van der Waals surface area contributed by atoms with Crippen LogP contribution in [-0.4, -0.2) is 63.2 Å². The molecule has 2 N–H and O–H groups in total. The van der Waals surface area contributed by atoms with Gasteiger partial charge >= 0.3 is 11.9 Å². The minimum absolute atomic E-state index is 0.0271.